The van der Waals surface area contributed by atoms with Crippen LogP contribution in [0.1, 0.15) is 39.0 Å². The molecule has 0 unspecified atom stereocenters. The van der Waals surface area contributed by atoms with Gasteiger partial charge in [-0.15, -0.1) is 0 Å². The molecule has 0 atom stereocenters. The third kappa shape index (κ3) is 2.96. The number of rotatable bonds is 4. The molecule has 0 aromatic heterocycles. The molecule has 1 aliphatic rings. The van der Waals surface area contributed by atoms with E-state index in [1.807, 2.05) is 0 Å². The van der Waals surface area contributed by atoms with Crippen molar-refractivity contribution in [1.29, 1.82) is 0 Å². The van der Waals surface area contributed by atoms with Gasteiger partial charge in [0.05, 0.1) is 0 Å². The summed E-state index contributed by atoms with van der Waals surface area (Å²) in [6.07, 6.45) is 6.44. The Kier molecular flexibility index (Phi) is 4.20. The highest BCUT2D eigenvalue weighted by atomic mass is 16.5. The second kappa shape index (κ2) is 4.97. The SMILES string of the molecule is COCCC1(CN)CCC(C)CC1. The quantitative estimate of drug-likeness (QED) is 0.728. The molecule has 13 heavy (non-hydrogen) atoms. The molecule has 0 radical (unpaired) electrons. The molecular formula is C11H23NO. The summed E-state index contributed by atoms with van der Waals surface area (Å²) in [5, 5.41) is 0. The lowest BCUT2D eigenvalue weighted by atomic mass is 9.69. The van der Waals surface area contributed by atoms with Crippen molar-refractivity contribution >= 4 is 0 Å². The van der Waals surface area contributed by atoms with E-state index in [-0.39, 0.29) is 0 Å². The van der Waals surface area contributed by atoms with E-state index in [1.54, 1.807) is 7.11 Å². The van der Waals surface area contributed by atoms with E-state index in [9.17, 15) is 0 Å². The molecule has 2 N–H and O–H groups in total. The minimum atomic E-state index is 0.405. The minimum absolute atomic E-state index is 0.405. The highest BCUT2D eigenvalue weighted by Crippen LogP contribution is 2.40. The standard InChI is InChI=1S/C11H23NO/c1-10-3-5-11(9-12,6-4-10)7-8-13-2/h10H,3-9,12H2,1-2H3. The molecule has 1 saturated carbocycles. The van der Waals surface area contributed by atoms with Gasteiger partial charge in [0, 0.05) is 13.7 Å². The second-order valence-corrected chi connectivity index (χ2v) is 4.63. The van der Waals surface area contributed by atoms with Gasteiger partial charge in [-0.05, 0) is 37.1 Å². The molecule has 0 aromatic rings. The Morgan fingerprint density at radius 2 is 2.00 bits per heavy atom. The molecule has 2 heteroatoms. The zero-order valence-electron chi connectivity index (χ0n) is 9.01. The van der Waals surface area contributed by atoms with Crippen LogP contribution in [0, 0.1) is 11.3 Å². The summed E-state index contributed by atoms with van der Waals surface area (Å²) in [5.41, 5.74) is 6.27. The lowest BCUT2D eigenvalue weighted by molar-refractivity contribution is 0.0948. The van der Waals surface area contributed by atoms with Crippen LogP contribution in [0.2, 0.25) is 0 Å². The summed E-state index contributed by atoms with van der Waals surface area (Å²) >= 11 is 0. The molecular weight excluding hydrogens is 162 g/mol. The van der Waals surface area contributed by atoms with Gasteiger partial charge in [-0.3, -0.25) is 0 Å². The van der Waals surface area contributed by atoms with Crippen molar-refractivity contribution in [2.24, 2.45) is 17.1 Å². The first-order chi connectivity index (χ1) is 6.22. The number of hydrogen-bond acceptors (Lipinski definition) is 2. The van der Waals surface area contributed by atoms with Crippen molar-refractivity contribution in [3.05, 3.63) is 0 Å². The topological polar surface area (TPSA) is 35.2 Å². The first-order valence-electron chi connectivity index (χ1n) is 5.41. The molecule has 0 amide bonds. The van der Waals surface area contributed by atoms with Crippen LogP contribution in [0.25, 0.3) is 0 Å². The molecule has 1 fully saturated rings. The van der Waals surface area contributed by atoms with Gasteiger partial charge in [-0.25, -0.2) is 0 Å². The predicted octanol–water partition coefficient (Wildman–Crippen LogP) is 2.18. The molecule has 0 saturated heterocycles. The van der Waals surface area contributed by atoms with Crippen molar-refractivity contribution < 1.29 is 4.74 Å². The Labute approximate surface area is 81.8 Å². The molecule has 0 spiro atoms. The summed E-state index contributed by atoms with van der Waals surface area (Å²) < 4.78 is 5.14. The van der Waals surface area contributed by atoms with Gasteiger partial charge >= 0.3 is 0 Å². The molecule has 78 valence electrons. The summed E-state index contributed by atoms with van der Waals surface area (Å²) in [6.45, 7) is 4.05. The van der Waals surface area contributed by atoms with Crippen molar-refractivity contribution in [1.82, 2.24) is 0 Å². The van der Waals surface area contributed by atoms with Crippen LogP contribution < -0.4 is 5.73 Å². The van der Waals surface area contributed by atoms with E-state index in [0.29, 0.717) is 5.41 Å². The van der Waals surface area contributed by atoms with Gasteiger partial charge in [0.25, 0.3) is 0 Å². The zero-order chi connectivity index (χ0) is 9.73. The molecule has 2 nitrogen and oxygen atoms in total. The number of methoxy groups -OCH3 is 1. The predicted molar refractivity (Wildman–Crippen MR) is 55.6 cm³/mol. The largest absolute Gasteiger partial charge is 0.385 e. The second-order valence-electron chi connectivity index (χ2n) is 4.63. The van der Waals surface area contributed by atoms with Gasteiger partial charge in [0.15, 0.2) is 0 Å². The fourth-order valence-corrected chi connectivity index (χ4v) is 2.25. The van der Waals surface area contributed by atoms with E-state index in [4.69, 9.17) is 10.5 Å². The average molecular weight is 185 g/mol. The van der Waals surface area contributed by atoms with Crippen LogP contribution in [0.3, 0.4) is 0 Å². The fraction of sp³-hybridized carbons (Fsp3) is 1.00. The smallest absolute Gasteiger partial charge is 0.0468 e. The van der Waals surface area contributed by atoms with Gasteiger partial charge in [-0.1, -0.05) is 19.8 Å². The Balaban J connectivity index is 2.40. The van der Waals surface area contributed by atoms with Gasteiger partial charge in [-0.2, -0.15) is 0 Å². The molecule has 1 rings (SSSR count). The van der Waals surface area contributed by atoms with Gasteiger partial charge < -0.3 is 10.5 Å². The molecule has 1 aliphatic carbocycles. The maximum atomic E-state index is 5.87. The van der Waals surface area contributed by atoms with Crippen LogP contribution >= 0.6 is 0 Å². The van der Waals surface area contributed by atoms with Crippen LogP contribution in [0.15, 0.2) is 0 Å². The summed E-state index contributed by atoms with van der Waals surface area (Å²) in [6, 6.07) is 0. The first kappa shape index (κ1) is 11.0. The van der Waals surface area contributed by atoms with Crippen molar-refractivity contribution in [3.8, 4) is 0 Å². The Morgan fingerprint density at radius 3 is 2.46 bits per heavy atom. The Morgan fingerprint density at radius 1 is 1.38 bits per heavy atom. The third-order valence-electron chi connectivity index (χ3n) is 3.60. The van der Waals surface area contributed by atoms with Crippen molar-refractivity contribution in [2.45, 2.75) is 39.0 Å². The normalized spacial score (nSPS) is 34.8. The van der Waals surface area contributed by atoms with E-state index in [1.165, 1.54) is 25.7 Å². The highest BCUT2D eigenvalue weighted by molar-refractivity contribution is 4.85. The Hall–Kier alpha value is -0.0800. The van der Waals surface area contributed by atoms with Crippen molar-refractivity contribution in [3.63, 3.8) is 0 Å². The minimum Gasteiger partial charge on any atom is -0.385 e. The maximum absolute atomic E-state index is 5.87. The monoisotopic (exact) mass is 185 g/mol. The molecule has 0 aliphatic heterocycles. The zero-order valence-corrected chi connectivity index (χ0v) is 9.01. The third-order valence-corrected chi connectivity index (χ3v) is 3.60. The van der Waals surface area contributed by atoms with Gasteiger partial charge in [0.2, 0.25) is 0 Å². The lowest BCUT2D eigenvalue weighted by Gasteiger charge is -2.38. The summed E-state index contributed by atoms with van der Waals surface area (Å²) in [5.74, 6) is 0.905. The maximum Gasteiger partial charge on any atom is 0.0468 e. The molecule has 0 heterocycles. The first-order valence-corrected chi connectivity index (χ1v) is 5.41. The van der Waals surface area contributed by atoms with E-state index in [2.05, 4.69) is 6.92 Å². The van der Waals surface area contributed by atoms with E-state index < -0.39 is 0 Å². The summed E-state index contributed by atoms with van der Waals surface area (Å²) in [4.78, 5) is 0. The molecule has 0 bridgehead atoms. The van der Waals surface area contributed by atoms with Crippen LogP contribution in [-0.2, 0) is 4.74 Å². The summed E-state index contributed by atoms with van der Waals surface area (Å²) in [7, 11) is 1.77. The average Bonchev–Trinajstić information content (AvgIpc) is 2.18. The van der Waals surface area contributed by atoms with Gasteiger partial charge in [0.1, 0.15) is 0 Å². The number of nitrogens with two attached hydrogens (primary N) is 1. The number of hydrogen-bond donors (Lipinski definition) is 1. The fourth-order valence-electron chi connectivity index (χ4n) is 2.25. The lowest BCUT2D eigenvalue weighted by Crippen LogP contribution is -2.35. The Bertz CT molecular complexity index is 134. The van der Waals surface area contributed by atoms with E-state index >= 15 is 0 Å². The van der Waals surface area contributed by atoms with Crippen LogP contribution in [0.4, 0.5) is 0 Å². The number of ether oxygens (including phenoxy) is 1. The van der Waals surface area contributed by atoms with Crippen LogP contribution in [0.5, 0.6) is 0 Å². The van der Waals surface area contributed by atoms with Crippen molar-refractivity contribution in [2.75, 3.05) is 20.3 Å². The van der Waals surface area contributed by atoms with Crippen LogP contribution in [-0.4, -0.2) is 20.3 Å². The van der Waals surface area contributed by atoms with E-state index in [0.717, 1.165) is 25.5 Å². The molecule has 0 aromatic carbocycles. The highest BCUT2D eigenvalue weighted by Gasteiger charge is 2.32.